The molecular formula is C19H20N3+. The molecular weight excluding hydrogens is 270 g/mol. The lowest BCUT2D eigenvalue weighted by molar-refractivity contribution is -0.660. The van der Waals surface area contributed by atoms with E-state index in [9.17, 15) is 0 Å². The maximum absolute atomic E-state index is 4.44. The van der Waals surface area contributed by atoms with Crippen LogP contribution >= 0.6 is 0 Å². The quantitative estimate of drug-likeness (QED) is 0.493. The lowest BCUT2D eigenvalue weighted by atomic mass is 9.98. The molecule has 0 saturated heterocycles. The summed E-state index contributed by atoms with van der Waals surface area (Å²) in [6, 6.07) is 6.92. The third kappa shape index (κ3) is 1.82. The van der Waals surface area contributed by atoms with Crippen molar-refractivity contribution in [2.24, 2.45) is 7.05 Å². The van der Waals surface area contributed by atoms with Crippen LogP contribution in [0.5, 0.6) is 0 Å². The first-order chi connectivity index (χ1) is 10.5. The molecule has 1 aromatic carbocycles. The topological polar surface area (TPSA) is 21.7 Å². The summed E-state index contributed by atoms with van der Waals surface area (Å²) in [5.74, 6) is 1.14. The molecule has 0 saturated carbocycles. The highest BCUT2D eigenvalue weighted by Crippen LogP contribution is 2.33. The highest BCUT2D eigenvalue weighted by molar-refractivity contribution is 5.68. The summed E-state index contributed by atoms with van der Waals surface area (Å²) in [4.78, 5) is 4.44. The Morgan fingerprint density at radius 3 is 2.68 bits per heavy atom. The van der Waals surface area contributed by atoms with Crippen LogP contribution in [0, 0.1) is 20.8 Å². The standard InChI is InChI=1S/C19H20N3/c1-12-7-18(21(4)11-14(12)3)16-9-15-10-19-20-5-6-22(19)17(15)8-13(16)2/h5-9,11H,10H2,1-4H3/q+1. The first-order valence-corrected chi connectivity index (χ1v) is 7.68. The van der Waals surface area contributed by atoms with E-state index in [-0.39, 0.29) is 0 Å². The predicted octanol–water partition coefficient (Wildman–Crippen LogP) is 3.19. The molecule has 4 rings (SSSR count). The van der Waals surface area contributed by atoms with Gasteiger partial charge in [0, 0.05) is 36.0 Å². The van der Waals surface area contributed by atoms with Crippen molar-refractivity contribution in [3.8, 4) is 16.9 Å². The van der Waals surface area contributed by atoms with Gasteiger partial charge in [-0.05, 0) is 49.6 Å². The van der Waals surface area contributed by atoms with Gasteiger partial charge in [-0.2, -0.15) is 0 Å². The number of hydrogen-bond acceptors (Lipinski definition) is 1. The molecule has 1 aliphatic rings. The monoisotopic (exact) mass is 290 g/mol. The Morgan fingerprint density at radius 2 is 1.86 bits per heavy atom. The van der Waals surface area contributed by atoms with Crippen LogP contribution in [0.25, 0.3) is 16.9 Å². The zero-order chi connectivity index (χ0) is 15.4. The lowest BCUT2D eigenvalue weighted by Crippen LogP contribution is -2.31. The number of hydrogen-bond donors (Lipinski definition) is 0. The van der Waals surface area contributed by atoms with Gasteiger partial charge in [-0.3, -0.25) is 0 Å². The molecule has 3 heteroatoms. The van der Waals surface area contributed by atoms with Gasteiger partial charge < -0.3 is 4.57 Å². The minimum atomic E-state index is 0.921. The molecule has 1 aliphatic heterocycles. The Bertz CT molecular complexity index is 903. The van der Waals surface area contributed by atoms with Gasteiger partial charge in [0.25, 0.3) is 0 Å². The number of imidazole rings is 1. The Hall–Kier alpha value is -2.42. The van der Waals surface area contributed by atoms with Gasteiger partial charge >= 0.3 is 0 Å². The molecule has 0 spiro atoms. The number of fused-ring (bicyclic) bond motifs is 3. The fourth-order valence-corrected chi connectivity index (χ4v) is 3.38. The van der Waals surface area contributed by atoms with E-state index in [1.807, 2.05) is 6.20 Å². The molecule has 0 fully saturated rings. The van der Waals surface area contributed by atoms with Gasteiger partial charge in [-0.1, -0.05) is 0 Å². The van der Waals surface area contributed by atoms with Gasteiger partial charge in [0.15, 0.2) is 6.20 Å². The fraction of sp³-hybridized carbons (Fsp3) is 0.263. The molecule has 0 amide bonds. The minimum absolute atomic E-state index is 0.921. The fourth-order valence-electron chi connectivity index (χ4n) is 3.38. The first-order valence-electron chi connectivity index (χ1n) is 7.68. The predicted molar refractivity (Wildman–Crippen MR) is 87.2 cm³/mol. The SMILES string of the molecule is Cc1cc(-c2cc3c(cc2C)-n2ccnc2C3)[n+](C)cc1C. The minimum Gasteiger partial charge on any atom is -0.303 e. The number of benzene rings is 1. The van der Waals surface area contributed by atoms with Crippen molar-refractivity contribution in [3.05, 3.63) is 64.9 Å². The van der Waals surface area contributed by atoms with Gasteiger partial charge in [0.1, 0.15) is 12.9 Å². The van der Waals surface area contributed by atoms with Gasteiger partial charge in [-0.25, -0.2) is 9.55 Å². The van der Waals surface area contributed by atoms with Crippen molar-refractivity contribution >= 4 is 0 Å². The molecule has 0 atom stereocenters. The molecule has 0 aliphatic carbocycles. The van der Waals surface area contributed by atoms with Crippen LogP contribution in [0.2, 0.25) is 0 Å². The van der Waals surface area contributed by atoms with Crippen molar-refractivity contribution in [1.82, 2.24) is 9.55 Å². The zero-order valence-corrected chi connectivity index (χ0v) is 13.5. The summed E-state index contributed by atoms with van der Waals surface area (Å²) in [6.07, 6.45) is 7.06. The molecule has 0 bridgehead atoms. The second kappa shape index (κ2) is 4.54. The van der Waals surface area contributed by atoms with E-state index in [2.05, 4.69) is 72.5 Å². The Kier molecular flexibility index (Phi) is 2.73. The van der Waals surface area contributed by atoms with Crippen LogP contribution in [-0.2, 0) is 13.5 Å². The van der Waals surface area contributed by atoms with Gasteiger partial charge in [-0.15, -0.1) is 0 Å². The van der Waals surface area contributed by atoms with E-state index >= 15 is 0 Å². The van der Waals surface area contributed by atoms with Crippen LogP contribution in [0.4, 0.5) is 0 Å². The van der Waals surface area contributed by atoms with Gasteiger partial charge in [0.2, 0.25) is 5.69 Å². The average molecular weight is 290 g/mol. The second-order valence-corrected chi connectivity index (χ2v) is 6.32. The Balaban J connectivity index is 1.91. The van der Waals surface area contributed by atoms with E-state index in [0.29, 0.717) is 0 Å². The first kappa shape index (κ1) is 13.3. The highest BCUT2D eigenvalue weighted by Gasteiger charge is 2.23. The molecule has 110 valence electrons. The molecule has 3 nitrogen and oxygen atoms in total. The third-order valence-corrected chi connectivity index (χ3v) is 4.77. The van der Waals surface area contributed by atoms with Crippen LogP contribution in [0.1, 0.15) is 28.1 Å². The molecule has 3 aromatic rings. The van der Waals surface area contributed by atoms with Crippen molar-refractivity contribution in [3.63, 3.8) is 0 Å². The zero-order valence-electron chi connectivity index (χ0n) is 13.5. The van der Waals surface area contributed by atoms with Crippen molar-refractivity contribution < 1.29 is 4.57 Å². The average Bonchev–Trinajstić information content (AvgIpc) is 3.04. The van der Waals surface area contributed by atoms with Crippen LogP contribution in [0.15, 0.2) is 36.8 Å². The van der Waals surface area contributed by atoms with Crippen molar-refractivity contribution in [2.75, 3.05) is 0 Å². The van der Waals surface area contributed by atoms with E-state index in [0.717, 1.165) is 12.2 Å². The highest BCUT2D eigenvalue weighted by atomic mass is 15.1. The van der Waals surface area contributed by atoms with Crippen LogP contribution in [0.3, 0.4) is 0 Å². The van der Waals surface area contributed by atoms with E-state index < -0.39 is 0 Å². The summed E-state index contributed by atoms with van der Waals surface area (Å²) < 4.78 is 4.43. The molecule has 0 unspecified atom stereocenters. The molecule has 22 heavy (non-hydrogen) atoms. The number of aryl methyl sites for hydroxylation is 4. The molecule has 0 N–H and O–H groups in total. The van der Waals surface area contributed by atoms with Crippen molar-refractivity contribution in [2.45, 2.75) is 27.2 Å². The van der Waals surface area contributed by atoms with Crippen LogP contribution < -0.4 is 4.57 Å². The molecule has 0 radical (unpaired) electrons. The normalized spacial score (nSPS) is 12.4. The number of rotatable bonds is 1. The Morgan fingerprint density at radius 1 is 1.05 bits per heavy atom. The second-order valence-electron chi connectivity index (χ2n) is 6.32. The summed E-state index contributed by atoms with van der Waals surface area (Å²) in [5, 5.41) is 0. The van der Waals surface area contributed by atoms with Crippen LogP contribution in [-0.4, -0.2) is 9.55 Å². The number of aromatic nitrogens is 3. The number of pyridine rings is 1. The third-order valence-electron chi connectivity index (χ3n) is 4.77. The largest absolute Gasteiger partial charge is 0.303 e. The van der Waals surface area contributed by atoms with E-state index in [1.165, 1.54) is 39.2 Å². The number of nitrogens with zero attached hydrogens (tertiary/aromatic N) is 3. The Labute approximate surface area is 130 Å². The van der Waals surface area contributed by atoms with E-state index in [1.54, 1.807) is 0 Å². The van der Waals surface area contributed by atoms with Gasteiger partial charge in [0.05, 0.1) is 5.69 Å². The maximum Gasteiger partial charge on any atom is 0.212 e. The lowest BCUT2D eigenvalue weighted by Gasteiger charge is -2.10. The van der Waals surface area contributed by atoms with E-state index in [4.69, 9.17) is 0 Å². The molecule has 2 aromatic heterocycles. The smallest absolute Gasteiger partial charge is 0.212 e. The summed E-state index contributed by atoms with van der Waals surface area (Å²) >= 11 is 0. The maximum atomic E-state index is 4.44. The van der Waals surface area contributed by atoms with Crippen molar-refractivity contribution in [1.29, 1.82) is 0 Å². The summed E-state index contributed by atoms with van der Waals surface area (Å²) in [6.45, 7) is 6.53. The summed E-state index contributed by atoms with van der Waals surface area (Å²) in [7, 11) is 2.12. The summed E-state index contributed by atoms with van der Waals surface area (Å²) in [5.41, 5.74) is 9.19. The molecule has 3 heterocycles.